The molecule has 2 N–H and O–H groups in total. The quantitative estimate of drug-likeness (QED) is 0.387. The molecule has 0 aromatic rings. The Morgan fingerprint density at radius 3 is 2.30 bits per heavy atom. The van der Waals surface area contributed by atoms with Gasteiger partial charge in [-0.25, -0.2) is 0 Å². The van der Waals surface area contributed by atoms with Gasteiger partial charge in [0.2, 0.25) is 4.75 Å². The predicted molar refractivity (Wildman–Crippen MR) is 85.6 cm³/mol. The van der Waals surface area contributed by atoms with Crippen LogP contribution in [-0.2, 0) is 23.9 Å². The third kappa shape index (κ3) is 5.95. The molecule has 134 valence electrons. The van der Waals surface area contributed by atoms with Gasteiger partial charge in [0.25, 0.3) is 10.1 Å². The molecule has 0 aliphatic carbocycles. The lowest BCUT2D eigenvalue weighted by molar-refractivity contribution is -0.147. The van der Waals surface area contributed by atoms with Gasteiger partial charge < -0.3 is 10.2 Å². The summed E-state index contributed by atoms with van der Waals surface area (Å²) >= 11 is 0. The summed E-state index contributed by atoms with van der Waals surface area (Å²) in [4.78, 5) is 22.9. The van der Waals surface area contributed by atoms with Crippen LogP contribution in [-0.4, -0.2) is 41.9 Å². The maximum atomic E-state index is 12.4. The molecule has 23 heavy (non-hydrogen) atoms. The van der Waals surface area contributed by atoms with E-state index in [1.165, 1.54) is 6.08 Å². The van der Waals surface area contributed by atoms with Gasteiger partial charge in [-0.1, -0.05) is 45.6 Å². The van der Waals surface area contributed by atoms with E-state index in [1.54, 1.807) is 0 Å². The van der Waals surface area contributed by atoms with Crippen molar-refractivity contribution in [2.24, 2.45) is 5.92 Å². The fraction of sp³-hybridized carbons (Fsp3) is 0.733. The average molecular weight is 350 g/mol. The van der Waals surface area contributed by atoms with Crippen LogP contribution in [0.1, 0.15) is 52.4 Å². The number of unbranched alkanes of at least 4 members (excludes halogenated alkanes) is 1. The van der Waals surface area contributed by atoms with Crippen molar-refractivity contribution in [3.8, 4) is 0 Å². The molecular formula is C15H26O7S. The Hall–Kier alpha value is -1.41. The lowest BCUT2D eigenvalue weighted by atomic mass is 9.86. The van der Waals surface area contributed by atoms with Gasteiger partial charge in [-0.15, -0.1) is 6.58 Å². The number of hydrogen-bond donors (Lipinski definition) is 2. The van der Waals surface area contributed by atoms with E-state index in [4.69, 9.17) is 5.11 Å². The van der Waals surface area contributed by atoms with Crippen LogP contribution in [0.5, 0.6) is 0 Å². The van der Waals surface area contributed by atoms with Crippen LogP contribution in [0, 0.1) is 5.92 Å². The first-order chi connectivity index (χ1) is 10.7. The van der Waals surface area contributed by atoms with Gasteiger partial charge in [-0.05, 0) is 12.3 Å². The van der Waals surface area contributed by atoms with Gasteiger partial charge in [0.1, 0.15) is 0 Å². The van der Waals surface area contributed by atoms with Crippen LogP contribution in [0.3, 0.4) is 0 Å². The molecule has 2 unspecified atom stereocenters. The van der Waals surface area contributed by atoms with E-state index in [2.05, 4.69) is 10.8 Å². The monoisotopic (exact) mass is 350 g/mol. The molecule has 0 saturated heterocycles. The van der Waals surface area contributed by atoms with E-state index in [0.29, 0.717) is 12.8 Å². The lowest BCUT2D eigenvalue weighted by Gasteiger charge is -2.30. The Morgan fingerprint density at radius 1 is 1.30 bits per heavy atom. The van der Waals surface area contributed by atoms with E-state index in [9.17, 15) is 23.1 Å². The zero-order valence-electron chi connectivity index (χ0n) is 13.7. The molecule has 0 aromatic heterocycles. The molecule has 0 spiro atoms. The first-order valence-electron chi connectivity index (χ1n) is 7.61. The Labute approximate surface area is 137 Å². The zero-order chi connectivity index (χ0) is 18.1. The van der Waals surface area contributed by atoms with Crippen LogP contribution in [0.25, 0.3) is 0 Å². The topological polar surface area (TPSA) is 118 Å². The Morgan fingerprint density at radius 2 is 1.91 bits per heavy atom. The van der Waals surface area contributed by atoms with E-state index < -0.39 is 39.8 Å². The van der Waals surface area contributed by atoms with Gasteiger partial charge in [-0.2, -0.15) is 8.42 Å². The van der Waals surface area contributed by atoms with E-state index in [0.717, 1.165) is 12.8 Å². The van der Waals surface area contributed by atoms with Crippen LogP contribution < -0.4 is 0 Å². The summed E-state index contributed by atoms with van der Waals surface area (Å²) in [6, 6.07) is 0. The SMILES string of the molecule is C=CCOS(=O)(=O)C(CC(=O)O)(CC(CC)CCCC)C(=O)O. The molecule has 0 aliphatic heterocycles. The molecule has 0 bridgehead atoms. The summed E-state index contributed by atoms with van der Waals surface area (Å²) in [6.45, 7) is 6.71. The maximum Gasteiger partial charge on any atom is 0.328 e. The predicted octanol–water partition coefficient (Wildman–Crippen LogP) is 2.42. The van der Waals surface area contributed by atoms with Gasteiger partial charge in [0, 0.05) is 0 Å². The molecule has 0 aliphatic rings. The second kappa shape index (κ2) is 9.67. The molecule has 2 atom stereocenters. The lowest BCUT2D eigenvalue weighted by Crippen LogP contribution is -2.50. The fourth-order valence-electron chi connectivity index (χ4n) is 2.44. The Balaban J connectivity index is 5.78. The first-order valence-corrected chi connectivity index (χ1v) is 9.02. The molecule has 0 fully saturated rings. The minimum Gasteiger partial charge on any atom is -0.481 e. The summed E-state index contributed by atoms with van der Waals surface area (Å²) in [5, 5.41) is 18.6. The molecule has 0 heterocycles. The second-order valence-corrected chi connectivity index (χ2v) is 7.44. The highest BCUT2D eigenvalue weighted by molar-refractivity contribution is 7.89. The minimum atomic E-state index is -4.62. The molecule has 0 rings (SSSR count). The van der Waals surface area contributed by atoms with Crippen molar-refractivity contribution < 1.29 is 32.4 Å². The number of rotatable bonds is 13. The number of aliphatic carboxylic acids is 2. The van der Waals surface area contributed by atoms with Crippen molar-refractivity contribution in [1.82, 2.24) is 0 Å². The van der Waals surface area contributed by atoms with Crippen molar-refractivity contribution in [2.45, 2.75) is 57.1 Å². The number of hydrogen-bond acceptors (Lipinski definition) is 5. The summed E-state index contributed by atoms with van der Waals surface area (Å²) in [5.74, 6) is -3.41. The average Bonchev–Trinajstić information content (AvgIpc) is 2.47. The first kappa shape index (κ1) is 21.6. The molecular weight excluding hydrogens is 324 g/mol. The van der Waals surface area contributed by atoms with Crippen LogP contribution >= 0.6 is 0 Å². The summed E-state index contributed by atoms with van der Waals surface area (Å²) in [5.41, 5.74) is 0. The molecule has 0 aromatic carbocycles. The largest absolute Gasteiger partial charge is 0.481 e. The van der Waals surface area contributed by atoms with Crippen LogP contribution in [0.4, 0.5) is 0 Å². The minimum absolute atomic E-state index is 0.215. The third-order valence-electron chi connectivity index (χ3n) is 3.81. The summed E-state index contributed by atoms with van der Waals surface area (Å²) in [6.07, 6.45) is 2.74. The van der Waals surface area contributed by atoms with Crippen molar-refractivity contribution >= 4 is 22.1 Å². The van der Waals surface area contributed by atoms with Gasteiger partial charge in [0.15, 0.2) is 0 Å². The number of carboxylic acid groups (broad SMARTS) is 2. The maximum absolute atomic E-state index is 12.4. The molecule has 8 heteroatoms. The summed E-state index contributed by atoms with van der Waals surface area (Å²) < 4.78 is 27.0. The van der Waals surface area contributed by atoms with E-state index >= 15 is 0 Å². The molecule has 0 radical (unpaired) electrons. The van der Waals surface area contributed by atoms with Gasteiger partial charge in [0.05, 0.1) is 13.0 Å². The Kier molecular flexibility index (Phi) is 9.07. The highest BCUT2D eigenvalue weighted by Gasteiger charge is 2.54. The third-order valence-corrected chi connectivity index (χ3v) is 5.70. The van der Waals surface area contributed by atoms with Gasteiger partial charge >= 0.3 is 11.9 Å². The summed E-state index contributed by atoms with van der Waals surface area (Å²) in [7, 11) is -4.62. The Bertz CT molecular complexity index is 512. The van der Waals surface area contributed by atoms with Crippen molar-refractivity contribution in [1.29, 1.82) is 0 Å². The van der Waals surface area contributed by atoms with Gasteiger partial charge in [-0.3, -0.25) is 13.8 Å². The number of carboxylic acids is 2. The van der Waals surface area contributed by atoms with Crippen LogP contribution in [0.2, 0.25) is 0 Å². The normalized spacial score (nSPS) is 15.6. The molecule has 0 saturated carbocycles. The second-order valence-electron chi connectivity index (χ2n) is 5.52. The smallest absolute Gasteiger partial charge is 0.328 e. The van der Waals surface area contributed by atoms with E-state index in [1.807, 2.05) is 13.8 Å². The zero-order valence-corrected chi connectivity index (χ0v) is 14.5. The van der Waals surface area contributed by atoms with Crippen molar-refractivity contribution in [3.63, 3.8) is 0 Å². The molecule has 7 nitrogen and oxygen atoms in total. The molecule has 0 amide bonds. The fourth-order valence-corrected chi connectivity index (χ4v) is 3.89. The highest BCUT2D eigenvalue weighted by atomic mass is 32.2. The highest BCUT2D eigenvalue weighted by Crippen LogP contribution is 2.35. The van der Waals surface area contributed by atoms with Crippen molar-refractivity contribution in [2.75, 3.05) is 6.61 Å². The van der Waals surface area contributed by atoms with Crippen molar-refractivity contribution in [3.05, 3.63) is 12.7 Å². The number of carbonyl (C=O) groups is 2. The standard InChI is InChI=1S/C15H26O7S/c1-4-7-8-12(6-3)10-15(14(18)19,11-13(16)17)23(20,21)22-9-5-2/h5,12H,2,4,6-11H2,1,3H3,(H,16,17)(H,18,19). The van der Waals surface area contributed by atoms with Crippen LogP contribution in [0.15, 0.2) is 12.7 Å². The van der Waals surface area contributed by atoms with E-state index in [-0.39, 0.29) is 12.3 Å².